The van der Waals surface area contributed by atoms with Gasteiger partial charge in [0.1, 0.15) is 5.70 Å². The van der Waals surface area contributed by atoms with Gasteiger partial charge in [-0.15, -0.1) is 0 Å². The van der Waals surface area contributed by atoms with Crippen LogP contribution in [-0.2, 0) is 0 Å². The third-order valence-corrected chi connectivity index (χ3v) is 4.96. The van der Waals surface area contributed by atoms with Crippen LogP contribution in [0.2, 0.25) is 0 Å². The SMILES string of the molecule is FC(F)(F)C1=C(C(F)(C(F)(F)F)C(F)(F)F)C(C(F)(F)F)(C(F)(F)F)C2CCCN12. The number of hydrogen-bond acceptors (Lipinski definition) is 1. The molecule has 0 spiro atoms. The lowest BCUT2D eigenvalue weighted by molar-refractivity contribution is -0.367. The van der Waals surface area contributed by atoms with Crippen molar-refractivity contribution >= 4 is 0 Å². The van der Waals surface area contributed by atoms with Gasteiger partial charge in [0.05, 0.1) is 6.04 Å². The number of halogens is 16. The van der Waals surface area contributed by atoms with Crippen LogP contribution in [0.15, 0.2) is 11.3 Å². The minimum atomic E-state index is -7.64. The largest absolute Gasteiger partial charge is 0.435 e. The molecule has 0 amide bonds. The van der Waals surface area contributed by atoms with Gasteiger partial charge in [-0.05, 0) is 12.8 Å². The van der Waals surface area contributed by atoms with Crippen LogP contribution < -0.4 is 0 Å². The van der Waals surface area contributed by atoms with Crippen LogP contribution in [0.25, 0.3) is 0 Å². The van der Waals surface area contributed by atoms with Crippen LogP contribution in [0.5, 0.6) is 0 Å². The summed E-state index contributed by atoms with van der Waals surface area (Å²) in [5.74, 6) is 0. The van der Waals surface area contributed by atoms with Crippen molar-refractivity contribution in [1.29, 1.82) is 0 Å². The van der Waals surface area contributed by atoms with Gasteiger partial charge < -0.3 is 4.90 Å². The summed E-state index contributed by atoms with van der Waals surface area (Å²) < 4.78 is 215. The van der Waals surface area contributed by atoms with Crippen LogP contribution in [0, 0.1) is 5.41 Å². The van der Waals surface area contributed by atoms with Gasteiger partial charge in [-0.2, -0.15) is 65.9 Å². The van der Waals surface area contributed by atoms with Crippen molar-refractivity contribution in [2.24, 2.45) is 5.41 Å². The first-order chi connectivity index (χ1) is 13.0. The molecule has 2 aliphatic heterocycles. The molecule has 2 heterocycles. The molecule has 0 aromatic rings. The monoisotopic (exact) mass is 481 g/mol. The predicted molar refractivity (Wildman–Crippen MR) is 63.3 cm³/mol. The van der Waals surface area contributed by atoms with E-state index in [0.29, 0.717) is 0 Å². The lowest BCUT2D eigenvalue weighted by Crippen LogP contribution is -2.66. The van der Waals surface area contributed by atoms with Crippen LogP contribution in [-0.4, -0.2) is 54.0 Å². The summed E-state index contributed by atoms with van der Waals surface area (Å²) in [4.78, 5) is -0.915. The summed E-state index contributed by atoms with van der Waals surface area (Å²) in [6.45, 7) is -1.40. The van der Waals surface area contributed by atoms with Gasteiger partial charge in [0, 0.05) is 12.1 Å². The summed E-state index contributed by atoms with van der Waals surface area (Å²) in [5, 5.41) is 0. The van der Waals surface area contributed by atoms with Gasteiger partial charge in [-0.3, -0.25) is 0 Å². The van der Waals surface area contributed by atoms with Crippen molar-refractivity contribution in [2.75, 3.05) is 6.54 Å². The Labute approximate surface area is 155 Å². The maximum absolute atomic E-state index is 14.5. The topological polar surface area (TPSA) is 3.24 Å². The maximum atomic E-state index is 14.5. The first-order valence-electron chi connectivity index (χ1n) is 7.52. The van der Waals surface area contributed by atoms with E-state index in [1.165, 1.54) is 0 Å². The second-order valence-corrected chi connectivity index (χ2v) is 6.53. The Bertz CT molecular complexity index is 686. The van der Waals surface area contributed by atoms with E-state index in [4.69, 9.17) is 0 Å². The minimum Gasteiger partial charge on any atom is -0.363 e. The van der Waals surface area contributed by atoms with Gasteiger partial charge in [0.2, 0.25) is 5.41 Å². The van der Waals surface area contributed by atoms with E-state index in [1.54, 1.807) is 0 Å². The second-order valence-electron chi connectivity index (χ2n) is 6.53. The Balaban J connectivity index is 3.22. The fourth-order valence-electron chi connectivity index (χ4n) is 3.99. The fourth-order valence-corrected chi connectivity index (χ4v) is 3.99. The summed E-state index contributed by atoms with van der Waals surface area (Å²) >= 11 is 0. The Morgan fingerprint density at radius 2 is 1.07 bits per heavy atom. The van der Waals surface area contributed by atoms with Gasteiger partial charge in [-0.25, -0.2) is 4.39 Å². The summed E-state index contributed by atoms with van der Waals surface area (Å²) in [5.41, 5.74) is -22.1. The highest BCUT2D eigenvalue weighted by Crippen LogP contribution is 2.71. The molecule has 0 saturated carbocycles. The molecule has 0 radical (unpaired) electrons. The quantitative estimate of drug-likeness (QED) is 0.402. The standard InChI is InChI=1S/C13H7F16N/c14-8(12(24,25)26,13(27,28)29)5-6(9(15,16)17)30-3-1-2-4(30)7(5,10(18,19)20)11(21,22)23/h4H,1-3H2. The zero-order chi connectivity index (χ0) is 23.9. The van der Waals surface area contributed by atoms with Crippen molar-refractivity contribution in [3.05, 3.63) is 11.3 Å². The van der Waals surface area contributed by atoms with E-state index in [2.05, 4.69) is 0 Å². The Kier molecular flexibility index (Phi) is 5.13. The van der Waals surface area contributed by atoms with E-state index in [0.717, 1.165) is 0 Å². The smallest absolute Gasteiger partial charge is 0.363 e. The second kappa shape index (κ2) is 6.23. The highest BCUT2D eigenvalue weighted by atomic mass is 19.4. The first-order valence-corrected chi connectivity index (χ1v) is 7.52. The number of rotatable bonds is 1. The van der Waals surface area contributed by atoms with E-state index in [-0.39, 0.29) is 0 Å². The molecular weight excluding hydrogens is 474 g/mol. The van der Waals surface area contributed by atoms with E-state index in [1.807, 2.05) is 0 Å². The lowest BCUT2D eigenvalue weighted by atomic mass is 9.67. The molecule has 0 bridgehead atoms. The van der Waals surface area contributed by atoms with Crippen LogP contribution >= 0.6 is 0 Å². The Hall–Kier alpha value is -1.58. The molecule has 2 aliphatic rings. The average Bonchev–Trinajstić information content (AvgIpc) is 2.97. The summed E-state index contributed by atoms with van der Waals surface area (Å²) in [7, 11) is 0. The normalized spacial score (nSPS) is 24.0. The number of fused-ring (bicyclic) bond motifs is 1. The molecule has 1 fully saturated rings. The zero-order valence-corrected chi connectivity index (χ0v) is 13.7. The Morgan fingerprint density at radius 3 is 1.37 bits per heavy atom. The fraction of sp³-hybridized carbons (Fsp3) is 0.846. The van der Waals surface area contributed by atoms with Crippen LogP contribution in [0.4, 0.5) is 70.2 Å². The highest BCUT2D eigenvalue weighted by molar-refractivity contribution is 5.47. The molecule has 30 heavy (non-hydrogen) atoms. The van der Waals surface area contributed by atoms with E-state index < -0.39 is 83.6 Å². The van der Waals surface area contributed by atoms with E-state index in [9.17, 15) is 70.2 Å². The lowest BCUT2D eigenvalue weighted by Gasteiger charge is -2.44. The number of allylic oxidation sites excluding steroid dienone is 1. The molecular formula is C13H7F16N. The molecule has 1 nitrogen and oxygen atoms in total. The molecule has 1 atom stereocenters. The molecule has 0 aromatic carbocycles. The average molecular weight is 481 g/mol. The third kappa shape index (κ3) is 2.92. The molecule has 2 rings (SSSR count). The first kappa shape index (κ1) is 24.7. The van der Waals surface area contributed by atoms with Crippen molar-refractivity contribution in [2.45, 2.75) is 55.4 Å². The molecule has 0 aliphatic carbocycles. The molecule has 1 unspecified atom stereocenters. The van der Waals surface area contributed by atoms with Crippen molar-refractivity contribution < 1.29 is 70.2 Å². The third-order valence-electron chi connectivity index (χ3n) is 4.96. The van der Waals surface area contributed by atoms with Gasteiger partial charge in [0.25, 0.3) is 0 Å². The van der Waals surface area contributed by atoms with Crippen molar-refractivity contribution in [3.63, 3.8) is 0 Å². The summed E-state index contributed by atoms with van der Waals surface area (Å²) in [6.07, 6.45) is -38.7. The van der Waals surface area contributed by atoms with Crippen molar-refractivity contribution in [1.82, 2.24) is 4.90 Å². The van der Waals surface area contributed by atoms with Gasteiger partial charge in [-0.1, -0.05) is 0 Å². The minimum absolute atomic E-state index is 0.858. The molecule has 0 N–H and O–H groups in total. The van der Waals surface area contributed by atoms with Gasteiger partial charge >= 0.3 is 36.6 Å². The molecule has 17 heteroatoms. The maximum Gasteiger partial charge on any atom is 0.435 e. The number of hydrogen-bond donors (Lipinski definition) is 0. The summed E-state index contributed by atoms with van der Waals surface area (Å²) in [6, 6.07) is -3.61. The zero-order valence-electron chi connectivity index (χ0n) is 13.7. The van der Waals surface area contributed by atoms with Crippen molar-refractivity contribution in [3.8, 4) is 0 Å². The van der Waals surface area contributed by atoms with Gasteiger partial charge in [0.15, 0.2) is 0 Å². The van der Waals surface area contributed by atoms with Crippen LogP contribution in [0.3, 0.4) is 0 Å². The molecule has 176 valence electrons. The predicted octanol–water partition coefficient (Wildman–Crippen LogP) is 6.22. The Morgan fingerprint density at radius 1 is 0.667 bits per heavy atom. The number of alkyl halides is 16. The van der Waals surface area contributed by atoms with Crippen LogP contribution in [0.1, 0.15) is 12.8 Å². The highest BCUT2D eigenvalue weighted by Gasteiger charge is 2.90. The van der Waals surface area contributed by atoms with E-state index >= 15 is 0 Å². The molecule has 0 aromatic heterocycles. The molecule has 1 saturated heterocycles. The number of nitrogens with zero attached hydrogens (tertiary/aromatic N) is 1.